The number of aryl methyl sites for hydroxylation is 1. The average Bonchev–Trinajstić information content (AvgIpc) is 2.58. The Kier molecular flexibility index (Phi) is 1.59. The molecular weight excluding hydrogens is 152 g/mol. The van der Waals surface area contributed by atoms with Crippen molar-refractivity contribution in [2.24, 2.45) is 0 Å². The molecule has 4 nitrogen and oxygen atoms in total. The molecule has 1 N–H and O–H groups in total. The highest BCUT2D eigenvalue weighted by Gasteiger charge is 1.98. The molecule has 0 unspecified atom stereocenters. The minimum Gasteiger partial charge on any atom is -0.351 e. The second kappa shape index (κ2) is 2.73. The number of aromatic nitrogens is 4. The highest BCUT2D eigenvalue weighted by atomic mass is 14.9. The molecule has 0 aromatic carbocycles. The summed E-state index contributed by atoms with van der Waals surface area (Å²) in [5, 5.41) is 0. The molecule has 0 atom stereocenters. The summed E-state index contributed by atoms with van der Waals surface area (Å²) < 4.78 is 0. The van der Waals surface area contributed by atoms with Gasteiger partial charge < -0.3 is 4.98 Å². The second-order valence-corrected chi connectivity index (χ2v) is 2.47. The van der Waals surface area contributed by atoms with Gasteiger partial charge in [0.2, 0.25) is 0 Å². The largest absolute Gasteiger partial charge is 0.351 e. The normalized spacial score (nSPS) is 10.1. The van der Waals surface area contributed by atoms with Crippen molar-refractivity contribution in [3.63, 3.8) is 0 Å². The molecule has 12 heavy (non-hydrogen) atoms. The van der Waals surface area contributed by atoms with Crippen LogP contribution in [0.3, 0.4) is 0 Å². The molecule has 2 aromatic heterocycles. The summed E-state index contributed by atoms with van der Waals surface area (Å²) >= 11 is 0. The standard InChI is InChI=1S/C8H8N4/c1-6-10-2-7(3-11-6)8-4-9-5-12-8/h2-5H,1H3,(H,9,12). The molecule has 0 radical (unpaired) electrons. The Bertz CT molecular complexity index is 349. The lowest BCUT2D eigenvalue weighted by atomic mass is 10.3. The molecule has 0 spiro atoms. The second-order valence-electron chi connectivity index (χ2n) is 2.47. The smallest absolute Gasteiger partial charge is 0.125 e. The summed E-state index contributed by atoms with van der Waals surface area (Å²) in [6.07, 6.45) is 6.97. The Balaban J connectivity index is 2.43. The molecular formula is C8H8N4. The molecule has 0 aliphatic rings. The van der Waals surface area contributed by atoms with E-state index in [4.69, 9.17) is 0 Å². The Hall–Kier alpha value is -1.71. The van der Waals surface area contributed by atoms with Gasteiger partial charge in [0.1, 0.15) is 5.82 Å². The monoisotopic (exact) mass is 160 g/mol. The number of hydrogen-bond acceptors (Lipinski definition) is 3. The van der Waals surface area contributed by atoms with Crippen LogP contribution in [0.15, 0.2) is 24.9 Å². The SMILES string of the molecule is Cc1ncc(-c2c[nH]cn2)cn1. The zero-order valence-corrected chi connectivity index (χ0v) is 6.65. The van der Waals surface area contributed by atoms with E-state index in [1.54, 1.807) is 18.7 Å². The maximum absolute atomic E-state index is 4.08. The first-order valence-corrected chi connectivity index (χ1v) is 3.64. The van der Waals surface area contributed by atoms with Crippen molar-refractivity contribution in [1.29, 1.82) is 0 Å². The molecule has 0 aliphatic carbocycles. The third-order valence-electron chi connectivity index (χ3n) is 1.57. The van der Waals surface area contributed by atoms with Gasteiger partial charge in [-0.05, 0) is 6.92 Å². The molecule has 60 valence electrons. The molecule has 2 heterocycles. The van der Waals surface area contributed by atoms with Crippen molar-refractivity contribution < 1.29 is 0 Å². The Morgan fingerprint density at radius 3 is 2.50 bits per heavy atom. The molecule has 2 aromatic rings. The highest BCUT2D eigenvalue weighted by molar-refractivity contribution is 5.54. The fourth-order valence-electron chi connectivity index (χ4n) is 0.943. The van der Waals surface area contributed by atoms with Crippen LogP contribution in [0.4, 0.5) is 0 Å². The van der Waals surface area contributed by atoms with Crippen LogP contribution in [0, 0.1) is 6.92 Å². The van der Waals surface area contributed by atoms with Crippen LogP contribution in [0.5, 0.6) is 0 Å². The van der Waals surface area contributed by atoms with Gasteiger partial charge >= 0.3 is 0 Å². The van der Waals surface area contributed by atoms with Gasteiger partial charge in [0.05, 0.1) is 12.0 Å². The lowest BCUT2D eigenvalue weighted by Crippen LogP contribution is -1.87. The van der Waals surface area contributed by atoms with Crippen LogP contribution >= 0.6 is 0 Å². The van der Waals surface area contributed by atoms with E-state index in [0.29, 0.717) is 0 Å². The fourth-order valence-corrected chi connectivity index (χ4v) is 0.943. The van der Waals surface area contributed by atoms with Gasteiger partial charge in [-0.25, -0.2) is 15.0 Å². The topological polar surface area (TPSA) is 54.5 Å². The van der Waals surface area contributed by atoms with Gasteiger partial charge in [-0.15, -0.1) is 0 Å². The van der Waals surface area contributed by atoms with Gasteiger partial charge in [-0.2, -0.15) is 0 Å². The van der Waals surface area contributed by atoms with E-state index in [2.05, 4.69) is 19.9 Å². The van der Waals surface area contributed by atoms with Crippen molar-refractivity contribution in [3.8, 4) is 11.3 Å². The van der Waals surface area contributed by atoms with E-state index in [1.807, 2.05) is 13.1 Å². The number of nitrogens with one attached hydrogen (secondary N) is 1. The van der Waals surface area contributed by atoms with Crippen molar-refractivity contribution >= 4 is 0 Å². The van der Waals surface area contributed by atoms with Crippen LogP contribution in [0.1, 0.15) is 5.82 Å². The summed E-state index contributed by atoms with van der Waals surface area (Å²) in [5.74, 6) is 0.772. The third kappa shape index (κ3) is 1.18. The number of hydrogen-bond donors (Lipinski definition) is 1. The van der Waals surface area contributed by atoms with Crippen LogP contribution in [-0.2, 0) is 0 Å². The molecule has 0 saturated heterocycles. The first-order valence-electron chi connectivity index (χ1n) is 3.64. The number of imidazole rings is 1. The van der Waals surface area contributed by atoms with E-state index in [-0.39, 0.29) is 0 Å². The molecule has 2 rings (SSSR count). The number of rotatable bonds is 1. The van der Waals surface area contributed by atoms with Gasteiger partial charge in [-0.3, -0.25) is 0 Å². The summed E-state index contributed by atoms with van der Waals surface area (Å²) in [6, 6.07) is 0. The van der Waals surface area contributed by atoms with Crippen LogP contribution in [0.2, 0.25) is 0 Å². The van der Waals surface area contributed by atoms with E-state index in [1.165, 1.54) is 0 Å². The molecule has 0 saturated carbocycles. The molecule has 0 aliphatic heterocycles. The predicted molar refractivity (Wildman–Crippen MR) is 44.4 cm³/mol. The van der Waals surface area contributed by atoms with Crippen molar-refractivity contribution in [1.82, 2.24) is 19.9 Å². The van der Waals surface area contributed by atoms with Gasteiger partial charge in [0, 0.05) is 24.2 Å². The predicted octanol–water partition coefficient (Wildman–Crippen LogP) is 1.18. The third-order valence-corrected chi connectivity index (χ3v) is 1.57. The Labute approximate surface area is 69.7 Å². The van der Waals surface area contributed by atoms with Crippen LogP contribution in [-0.4, -0.2) is 19.9 Å². The number of nitrogens with zero attached hydrogens (tertiary/aromatic N) is 3. The highest BCUT2D eigenvalue weighted by Crippen LogP contribution is 2.11. The first-order chi connectivity index (χ1) is 5.86. The molecule has 4 heteroatoms. The van der Waals surface area contributed by atoms with Crippen molar-refractivity contribution in [3.05, 3.63) is 30.7 Å². The van der Waals surface area contributed by atoms with Crippen LogP contribution < -0.4 is 0 Å². The maximum Gasteiger partial charge on any atom is 0.125 e. The number of H-pyrrole nitrogens is 1. The van der Waals surface area contributed by atoms with Crippen molar-refractivity contribution in [2.75, 3.05) is 0 Å². The lowest BCUT2D eigenvalue weighted by Gasteiger charge is -1.94. The summed E-state index contributed by atoms with van der Waals surface area (Å²) in [4.78, 5) is 15.1. The van der Waals surface area contributed by atoms with Gasteiger partial charge in [0.25, 0.3) is 0 Å². The molecule has 0 fully saturated rings. The molecule has 0 amide bonds. The summed E-state index contributed by atoms with van der Waals surface area (Å²) in [7, 11) is 0. The zero-order valence-electron chi connectivity index (χ0n) is 6.65. The van der Waals surface area contributed by atoms with Gasteiger partial charge in [0.15, 0.2) is 0 Å². The lowest BCUT2D eigenvalue weighted by molar-refractivity contribution is 1.05. The number of aromatic amines is 1. The Morgan fingerprint density at radius 2 is 1.92 bits per heavy atom. The van der Waals surface area contributed by atoms with Crippen LogP contribution in [0.25, 0.3) is 11.3 Å². The summed E-state index contributed by atoms with van der Waals surface area (Å²) in [6.45, 7) is 1.86. The van der Waals surface area contributed by atoms with E-state index < -0.39 is 0 Å². The Morgan fingerprint density at radius 1 is 1.17 bits per heavy atom. The van der Waals surface area contributed by atoms with Crippen molar-refractivity contribution in [2.45, 2.75) is 6.92 Å². The minimum absolute atomic E-state index is 0.772. The van der Waals surface area contributed by atoms with Gasteiger partial charge in [-0.1, -0.05) is 0 Å². The summed E-state index contributed by atoms with van der Waals surface area (Å²) in [5.41, 5.74) is 1.80. The van der Waals surface area contributed by atoms with E-state index >= 15 is 0 Å². The zero-order chi connectivity index (χ0) is 8.39. The first kappa shape index (κ1) is 6.97. The van der Waals surface area contributed by atoms with E-state index in [9.17, 15) is 0 Å². The maximum atomic E-state index is 4.08. The molecule has 0 bridgehead atoms. The fraction of sp³-hybridized carbons (Fsp3) is 0.125. The van der Waals surface area contributed by atoms with E-state index in [0.717, 1.165) is 17.1 Å². The quantitative estimate of drug-likeness (QED) is 0.681. The minimum atomic E-state index is 0.772. The average molecular weight is 160 g/mol.